The molecule has 1 aromatic rings. The molecule has 0 saturated carbocycles. The van der Waals surface area contributed by atoms with E-state index in [2.05, 4.69) is 4.74 Å². The van der Waals surface area contributed by atoms with E-state index in [0.29, 0.717) is 5.02 Å². The second-order valence-corrected chi connectivity index (χ2v) is 6.26. The van der Waals surface area contributed by atoms with Gasteiger partial charge in [0, 0.05) is 25.3 Å². The Morgan fingerprint density at radius 2 is 1.79 bits per heavy atom. The fraction of sp³-hybridized carbons (Fsp3) is 0.250. The van der Waals surface area contributed by atoms with Gasteiger partial charge in [-0.1, -0.05) is 11.6 Å². The maximum Gasteiger partial charge on any atom is 0.351 e. The van der Waals surface area contributed by atoms with Crippen molar-refractivity contribution in [1.82, 2.24) is 4.90 Å². The summed E-state index contributed by atoms with van der Waals surface area (Å²) in [5, 5.41) is 0.412. The number of carbonyl (C=O) groups excluding carboxylic acids is 1. The molecule has 0 N–H and O–H groups in total. The lowest BCUT2D eigenvalue weighted by Crippen LogP contribution is -2.18. The molecule has 0 fully saturated rings. The Balaban J connectivity index is 3.36. The molecule has 7 heteroatoms. The molecule has 0 aliphatic carbocycles. The SMILES string of the molecule is COC(=O)/C(=C\N(C)C)S(=O)(=O)c1ccc(Cl)cc1. The predicted molar refractivity (Wildman–Crippen MR) is 72.4 cm³/mol. The van der Waals surface area contributed by atoms with E-state index in [1.54, 1.807) is 14.1 Å². The number of ether oxygens (including phenoxy) is 1. The van der Waals surface area contributed by atoms with Crippen molar-refractivity contribution < 1.29 is 17.9 Å². The van der Waals surface area contributed by atoms with Crippen LogP contribution in [-0.2, 0) is 19.4 Å². The van der Waals surface area contributed by atoms with Gasteiger partial charge < -0.3 is 9.64 Å². The van der Waals surface area contributed by atoms with Gasteiger partial charge in [-0.2, -0.15) is 0 Å². The highest BCUT2D eigenvalue weighted by Gasteiger charge is 2.28. The van der Waals surface area contributed by atoms with Gasteiger partial charge in [-0.3, -0.25) is 0 Å². The first-order valence-corrected chi connectivity index (χ1v) is 7.12. The summed E-state index contributed by atoms with van der Waals surface area (Å²) >= 11 is 5.71. The maximum atomic E-state index is 12.3. The molecule has 0 aromatic heterocycles. The maximum absolute atomic E-state index is 12.3. The number of methoxy groups -OCH3 is 1. The Hall–Kier alpha value is -1.53. The highest BCUT2D eigenvalue weighted by Crippen LogP contribution is 2.22. The van der Waals surface area contributed by atoms with Crippen LogP contribution < -0.4 is 0 Å². The molecule has 5 nitrogen and oxygen atoms in total. The Morgan fingerprint density at radius 3 is 2.21 bits per heavy atom. The monoisotopic (exact) mass is 303 g/mol. The number of sulfone groups is 1. The van der Waals surface area contributed by atoms with Gasteiger partial charge >= 0.3 is 5.97 Å². The summed E-state index contributed by atoms with van der Waals surface area (Å²) < 4.78 is 29.2. The molecule has 1 rings (SSSR count). The lowest BCUT2D eigenvalue weighted by Gasteiger charge is -2.11. The Morgan fingerprint density at radius 1 is 1.26 bits per heavy atom. The van der Waals surface area contributed by atoms with Crippen molar-refractivity contribution in [3.8, 4) is 0 Å². The van der Waals surface area contributed by atoms with Crippen molar-refractivity contribution in [2.75, 3.05) is 21.2 Å². The topological polar surface area (TPSA) is 63.7 Å². The van der Waals surface area contributed by atoms with Crippen molar-refractivity contribution >= 4 is 27.4 Å². The van der Waals surface area contributed by atoms with Crippen molar-refractivity contribution in [2.45, 2.75) is 4.90 Å². The van der Waals surface area contributed by atoms with Gasteiger partial charge in [0.2, 0.25) is 9.84 Å². The second-order valence-electron chi connectivity index (χ2n) is 3.91. The molecule has 0 radical (unpaired) electrons. The smallest absolute Gasteiger partial charge is 0.351 e. The van der Waals surface area contributed by atoms with Crippen LogP contribution in [-0.4, -0.2) is 40.5 Å². The number of nitrogens with zero attached hydrogens (tertiary/aromatic N) is 1. The number of halogens is 1. The molecule has 0 aliphatic heterocycles. The van der Waals surface area contributed by atoms with E-state index < -0.39 is 20.7 Å². The van der Waals surface area contributed by atoms with E-state index in [1.807, 2.05) is 0 Å². The van der Waals surface area contributed by atoms with Gasteiger partial charge in [0.25, 0.3) is 0 Å². The zero-order valence-corrected chi connectivity index (χ0v) is 12.3. The first-order valence-electron chi connectivity index (χ1n) is 5.26. The minimum Gasteiger partial charge on any atom is -0.465 e. The second kappa shape index (κ2) is 6.08. The molecule has 19 heavy (non-hydrogen) atoms. The molecule has 0 unspecified atom stereocenters. The van der Waals surface area contributed by atoms with Gasteiger partial charge in [0.15, 0.2) is 4.91 Å². The Kier molecular flexibility index (Phi) is 4.97. The van der Waals surface area contributed by atoms with Crippen LogP contribution in [0.15, 0.2) is 40.3 Å². The van der Waals surface area contributed by atoms with Crippen LogP contribution in [0.3, 0.4) is 0 Å². The first-order chi connectivity index (χ1) is 8.78. The summed E-state index contributed by atoms with van der Waals surface area (Å²) in [6.45, 7) is 0. The van der Waals surface area contributed by atoms with Gasteiger partial charge in [0.05, 0.1) is 12.0 Å². The van der Waals surface area contributed by atoms with Gasteiger partial charge in [-0.25, -0.2) is 13.2 Å². The van der Waals surface area contributed by atoms with E-state index in [1.165, 1.54) is 35.4 Å². The fourth-order valence-electron chi connectivity index (χ4n) is 1.31. The molecule has 0 atom stereocenters. The highest BCUT2D eigenvalue weighted by atomic mass is 35.5. The zero-order chi connectivity index (χ0) is 14.6. The molecule has 0 bridgehead atoms. The molecule has 104 valence electrons. The summed E-state index contributed by atoms with van der Waals surface area (Å²) in [4.78, 5) is 12.6. The van der Waals surface area contributed by atoms with E-state index in [4.69, 9.17) is 11.6 Å². The lowest BCUT2D eigenvalue weighted by atomic mass is 10.4. The van der Waals surface area contributed by atoms with E-state index in [-0.39, 0.29) is 4.90 Å². The first kappa shape index (κ1) is 15.5. The van der Waals surface area contributed by atoms with Crippen LogP contribution in [0.4, 0.5) is 0 Å². The van der Waals surface area contributed by atoms with Crippen LogP contribution in [0.5, 0.6) is 0 Å². The number of hydrogen-bond donors (Lipinski definition) is 0. The molecular formula is C12H14ClNO4S. The van der Waals surface area contributed by atoms with Crippen LogP contribution in [0.1, 0.15) is 0 Å². The van der Waals surface area contributed by atoms with Crippen LogP contribution in [0, 0.1) is 0 Å². The number of hydrogen-bond acceptors (Lipinski definition) is 5. The van der Waals surface area contributed by atoms with Gasteiger partial charge in [-0.15, -0.1) is 0 Å². The number of esters is 1. The van der Waals surface area contributed by atoms with E-state index >= 15 is 0 Å². The van der Waals surface area contributed by atoms with Crippen LogP contribution >= 0.6 is 11.6 Å². The minimum absolute atomic E-state index is 0.0181. The summed E-state index contributed by atoms with van der Waals surface area (Å²) in [6.07, 6.45) is 1.20. The standard InChI is InChI=1S/C12H14ClNO4S/c1-14(2)8-11(12(15)18-3)19(16,17)10-6-4-9(13)5-7-10/h4-8H,1-3H3/b11-8+. The predicted octanol–water partition coefficient (Wildman–Crippen LogP) is 1.69. The third-order valence-electron chi connectivity index (χ3n) is 2.18. The third-order valence-corrected chi connectivity index (χ3v) is 4.17. The quantitative estimate of drug-likeness (QED) is 0.625. The molecule has 0 amide bonds. The molecule has 0 aliphatic rings. The number of carbonyl (C=O) groups is 1. The van der Waals surface area contributed by atoms with Crippen molar-refractivity contribution in [1.29, 1.82) is 0 Å². The number of benzene rings is 1. The Bertz CT molecular complexity index is 591. The third kappa shape index (κ3) is 3.71. The number of rotatable bonds is 4. The summed E-state index contributed by atoms with van der Waals surface area (Å²) in [6, 6.07) is 5.56. The lowest BCUT2D eigenvalue weighted by molar-refractivity contribution is -0.135. The van der Waals surface area contributed by atoms with E-state index in [0.717, 1.165) is 7.11 Å². The normalized spacial score (nSPS) is 12.1. The molecule has 1 aromatic carbocycles. The highest BCUT2D eigenvalue weighted by molar-refractivity contribution is 7.96. The summed E-state index contributed by atoms with van der Waals surface area (Å²) in [5.74, 6) is -0.913. The van der Waals surface area contributed by atoms with Crippen LogP contribution in [0.2, 0.25) is 5.02 Å². The molecule has 0 spiro atoms. The van der Waals surface area contributed by atoms with Crippen molar-refractivity contribution in [3.05, 3.63) is 40.4 Å². The summed E-state index contributed by atoms with van der Waals surface area (Å²) in [5.41, 5.74) is 0. The summed E-state index contributed by atoms with van der Waals surface area (Å²) in [7, 11) is 0.413. The average molecular weight is 304 g/mol. The molecule has 0 heterocycles. The molecule has 0 saturated heterocycles. The minimum atomic E-state index is -3.94. The van der Waals surface area contributed by atoms with E-state index in [9.17, 15) is 13.2 Å². The van der Waals surface area contributed by atoms with Gasteiger partial charge in [0.1, 0.15) is 0 Å². The van der Waals surface area contributed by atoms with Crippen molar-refractivity contribution in [2.24, 2.45) is 0 Å². The fourth-order valence-corrected chi connectivity index (χ4v) is 2.83. The zero-order valence-electron chi connectivity index (χ0n) is 10.8. The largest absolute Gasteiger partial charge is 0.465 e. The average Bonchev–Trinajstić information content (AvgIpc) is 2.35. The molecular weight excluding hydrogens is 290 g/mol. The van der Waals surface area contributed by atoms with Crippen LogP contribution in [0.25, 0.3) is 0 Å². The van der Waals surface area contributed by atoms with Crippen molar-refractivity contribution in [3.63, 3.8) is 0 Å². The Labute approximate surface area is 117 Å². The van der Waals surface area contributed by atoms with Gasteiger partial charge in [-0.05, 0) is 24.3 Å².